The van der Waals surface area contributed by atoms with Crippen LogP contribution in [0.5, 0.6) is 0 Å². The van der Waals surface area contributed by atoms with Crippen molar-refractivity contribution in [3.8, 4) is 11.3 Å². The fourth-order valence-corrected chi connectivity index (χ4v) is 3.36. The number of aromatic nitrogens is 1. The summed E-state index contributed by atoms with van der Waals surface area (Å²) in [5.74, 6) is 0.461. The van der Waals surface area contributed by atoms with Gasteiger partial charge in [-0.1, -0.05) is 43.7 Å². The van der Waals surface area contributed by atoms with E-state index in [1.54, 1.807) is 4.90 Å². The van der Waals surface area contributed by atoms with Gasteiger partial charge < -0.3 is 14.2 Å². The molecule has 0 aliphatic carbocycles. The molecule has 0 bridgehead atoms. The smallest absolute Gasteiger partial charge is 0.276 e. The molecule has 3 rings (SSSR count). The Hall–Kier alpha value is -2.67. The molecule has 0 atom stereocenters. The molecular formula is C21H28N4O3. The summed E-state index contributed by atoms with van der Waals surface area (Å²) in [6, 6.07) is 7.81. The molecule has 2 aromatic rings. The van der Waals surface area contributed by atoms with E-state index in [2.05, 4.69) is 23.7 Å². The Labute approximate surface area is 165 Å². The number of aryl methyl sites for hydroxylation is 1. The molecule has 1 fully saturated rings. The number of nitrogens with zero attached hydrogens (tertiary/aromatic N) is 4. The zero-order valence-electron chi connectivity index (χ0n) is 16.9. The van der Waals surface area contributed by atoms with Crippen LogP contribution in [-0.4, -0.2) is 77.3 Å². The van der Waals surface area contributed by atoms with E-state index >= 15 is 0 Å². The molecule has 0 N–H and O–H groups in total. The van der Waals surface area contributed by atoms with Crippen molar-refractivity contribution in [3.05, 3.63) is 41.9 Å². The van der Waals surface area contributed by atoms with Crippen LogP contribution in [0.4, 0.5) is 0 Å². The molecule has 7 heteroatoms. The number of piperazine rings is 1. The van der Waals surface area contributed by atoms with Gasteiger partial charge in [-0.15, -0.1) is 0 Å². The molecule has 1 aromatic heterocycles. The van der Waals surface area contributed by atoms with E-state index in [0.717, 1.165) is 24.2 Å². The maximum atomic E-state index is 13.0. The first-order valence-corrected chi connectivity index (χ1v) is 9.83. The maximum Gasteiger partial charge on any atom is 0.276 e. The van der Waals surface area contributed by atoms with Crippen molar-refractivity contribution in [2.24, 2.45) is 0 Å². The molecule has 7 nitrogen and oxygen atoms in total. The van der Waals surface area contributed by atoms with Crippen LogP contribution in [0.1, 0.15) is 29.9 Å². The number of rotatable bonds is 6. The lowest BCUT2D eigenvalue weighted by molar-refractivity contribution is -0.133. The van der Waals surface area contributed by atoms with Crippen LogP contribution < -0.4 is 0 Å². The zero-order chi connectivity index (χ0) is 20.1. The van der Waals surface area contributed by atoms with Crippen molar-refractivity contribution in [2.75, 3.05) is 45.8 Å². The third-order valence-electron chi connectivity index (χ3n) is 5.26. The number of benzene rings is 1. The minimum Gasteiger partial charge on any atom is -0.443 e. The molecular weight excluding hydrogens is 356 g/mol. The van der Waals surface area contributed by atoms with Gasteiger partial charge in [-0.2, -0.15) is 0 Å². The molecule has 0 unspecified atom stereocenters. The molecule has 0 radical (unpaired) electrons. The van der Waals surface area contributed by atoms with Crippen LogP contribution >= 0.6 is 0 Å². The van der Waals surface area contributed by atoms with Gasteiger partial charge in [0.05, 0.1) is 6.54 Å². The van der Waals surface area contributed by atoms with Crippen molar-refractivity contribution in [1.82, 2.24) is 19.7 Å². The van der Waals surface area contributed by atoms with Crippen LogP contribution in [-0.2, 0) is 4.79 Å². The van der Waals surface area contributed by atoms with Gasteiger partial charge in [0, 0.05) is 31.7 Å². The SMILES string of the molecule is CCN(CC)CC(=O)N1CCN(C(=O)c2ncoc2-c2ccc(C)cc2)CC1. The molecule has 1 saturated heterocycles. The van der Waals surface area contributed by atoms with Gasteiger partial charge in [-0.3, -0.25) is 14.5 Å². The van der Waals surface area contributed by atoms with Gasteiger partial charge in [-0.25, -0.2) is 4.98 Å². The minimum absolute atomic E-state index is 0.123. The molecule has 0 saturated carbocycles. The lowest BCUT2D eigenvalue weighted by Gasteiger charge is -2.35. The Morgan fingerprint density at radius 2 is 1.64 bits per heavy atom. The third-order valence-corrected chi connectivity index (χ3v) is 5.26. The summed E-state index contributed by atoms with van der Waals surface area (Å²) in [5, 5.41) is 0. The fraction of sp³-hybridized carbons (Fsp3) is 0.476. The quantitative estimate of drug-likeness (QED) is 0.764. The Balaban J connectivity index is 1.63. The first-order chi connectivity index (χ1) is 13.5. The van der Waals surface area contributed by atoms with Crippen molar-refractivity contribution in [1.29, 1.82) is 0 Å². The van der Waals surface area contributed by atoms with E-state index in [4.69, 9.17) is 4.42 Å². The van der Waals surface area contributed by atoms with E-state index in [-0.39, 0.29) is 11.8 Å². The summed E-state index contributed by atoms with van der Waals surface area (Å²) in [4.78, 5) is 35.3. The minimum atomic E-state index is -0.153. The highest BCUT2D eigenvalue weighted by atomic mass is 16.3. The molecule has 1 aliphatic heterocycles. The second-order valence-corrected chi connectivity index (χ2v) is 7.03. The average molecular weight is 384 g/mol. The second-order valence-electron chi connectivity index (χ2n) is 7.03. The van der Waals surface area contributed by atoms with Crippen molar-refractivity contribution >= 4 is 11.8 Å². The second kappa shape index (κ2) is 9.01. The molecule has 150 valence electrons. The van der Waals surface area contributed by atoms with E-state index in [1.165, 1.54) is 6.39 Å². The lowest BCUT2D eigenvalue weighted by atomic mass is 10.1. The van der Waals surface area contributed by atoms with Gasteiger partial charge in [0.15, 0.2) is 17.8 Å². The molecule has 2 amide bonds. The van der Waals surface area contributed by atoms with E-state index in [1.807, 2.05) is 36.1 Å². The maximum absolute atomic E-state index is 13.0. The molecule has 1 aliphatic rings. The average Bonchev–Trinajstić information content (AvgIpc) is 3.21. The van der Waals surface area contributed by atoms with Crippen LogP contribution in [0.25, 0.3) is 11.3 Å². The Bertz CT molecular complexity index is 803. The zero-order valence-corrected chi connectivity index (χ0v) is 16.9. The third kappa shape index (κ3) is 4.42. The highest BCUT2D eigenvalue weighted by Crippen LogP contribution is 2.25. The molecule has 2 heterocycles. The largest absolute Gasteiger partial charge is 0.443 e. The van der Waals surface area contributed by atoms with Gasteiger partial charge in [0.1, 0.15) is 0 Å². The normalized spacial score (nSPS) is 14.6. The van der Waals surface area contributed by atoms with E-state index in [0.29, 0.717) is 44.2 Å². The highest BCUT2D eigenvalue weighted by Gasteiger charge is 2.28. The first kappa shape index (κ1) is 20.1. The number of hydrogen-bond donors (Lipinski definition) is 0. The summed E-state index contributed by atoms with van der Waals surface area (Å²) in [6.45, 7) is 10.4. The Morgan fingerprint density at radius 1 is 1.04 bits per heavy atom. The predicted molar refractivity (Wildman–Crippen MR) is 107 cm³/mol. The lowest BCUT2D eigenvalue weighted by Crippen LogP contribution is -2.52. The van der Waals surface area contributed by atoms with Crippen molar-refractivity contribution < 1.29 is 14.0 Å². The van der Waals surface area contributed by atoms with Gasteiger partial charge in [0.25, 0.3) is 5.91 Å². The van der Waals surface area contributed by atoms with E-state index < -0.39 is 0 Å². The number of carbonyl (C=O) groups excluding carboxylic acids is 2. The van der Waals surface area contributed by atoms with Crippen LogP contribution in [0, 0.1) is 6.92 Å². The monoisotopic (exact) mass is 384 g/mol. The van der Waals surface area contributed by atoms with Crippen LogP contribution in [0.15, 0.2) is 35.1 Å². The summed E-state index contributed by atoms with van der Waals surface area (Å²) >= 11 is 0. The number of hydrogen-bond acceptors (Lipinski definition) is 5. The van der Waals surface area contributed by atoms with E-state index in [9.17, 15) is 9.59 Å². The number of carbonyl (C=O) groups is 2. The summed E-state index contributed by atoms with van der Waals surface area (Å²) in [7, 11) is 0. The summed E-state index contributed by atoms with van der Waals surface area (Å²) in [6.07, 6.45) is 1.31. The van der Waals surface area contributed by atoms with Gasteiger partial charge in [-0.05, 0) is 20.0 Å². The van der Waals surface area contributed by atoms with Crippen LogP contribution in [0.2, 0.25) is 0 Å². The Kier molecular flexibility index (Phi) is 6.46. The fourth-order valence-electron chi connectivity index (χ4n) is 3.36. The number of amides is 2. The summed E-state index contributed by atoms with van der Waals surface area (Å²) in [5.41, 5.74) is 2.30. The Morgan fingerprint density at radius 3 is 2.25 bits per heavy atom. The first-order valence-electron chi connectivity index (χ1n) is 9.83. The summed E-state index contributed by atoms with van der Waals surface area (Å²) < 4.78 is 5.50. The van der Waals surface area contributed by atoms with Crippen molar-refractivity contribution in [3.63, 3.8) is 0 Å². The van der Waals surface area contributed by atoms with Crippen LogP contribution in [0.3, 0.4) is 0 Å². The van der Waals surface area contributed by atoms with Crippen molar-refractivity contribution in [2.45, 2.75) is 20.8 Å². The molecule has 28 heavy (non-hydrogen) atoms. The van der Waals surface area contributed by atoms with Gasteiger partial charge >= 0.3 is 0 Å². The number of likely N-dealkylation sites (N-methyl/N-ethyl adjacent to an activating group) is 1. The molecule has 0 spiro atoms. The topological polar surface area (TPSA) is 69.9 Å². The standard InChI is InChI=1S/C21H28N4O3/c1-4-23(5-2)14-18(26)24-10-12-25(13-11-24)21(27)19-20(28-15-22-19)17-8-6-16(3)7-9-17/h6-9,15H,4-5,10-14H2,1-3H3. The molecule has 1 aromatic carbocycles. The van der Waals surface area contributed by atoms with Gasteiger partial charge in [0.2, 0.25) is 5.91 Å². The highest BCUT2D eigenvalue weighted by molar-refractivity contribution is 5.97. The predicted octanol–water partition coefficient (Wildman–Crippen LogP) is 2.28. The number of oxazole rings is 1.